The van der Waals surface area contributed by atoms with E-state index < -0.39 is 0 Å². The van der Waals surface area contributed by atoms with Crippen molar-refractivity contribution in [3.05, 3.63) is 53.2 Å². The van der Waals surface area contributed by atoms with E-state index in [2.05, 4.69) is 10.3 Å². The van der Waals surface area contributed by atoms with Crippen molar-refractivity contribution >= 4 is 5.91 Å². The lowest BCUT2D eigenvalue weighted by atomic mass is 10.2. The van der Waals surface area contributed by atoms with E-state index in [0.29, 0.717) is 12.1 Å². The maximum absolute atomic E-state index is 11.9. The minimum Gasteiger partial charge on any atom is -0.469 e. The summed E-state index contributed by atoms with van der Waals surface area (Å²) in [4.78, 5) is 16.2. The first-order chi connectivity index (χ1) is 9.15. The lowest BCUT2D eigenvalue weighted by molar-refractivity contribution is 0.0952. The van der Waals surface area contributed by atoms with Crippen molar-refractivity contribution < 1.29 is 9.21 Å². The number of amides is 1. The second-order valence-corrected chi connectivity index (χ2v) is 4.58. The highest BCUT2D eigenvalue weighted by Crippen LogP contribution is 2.06. The molecule has 0 radical (unpaired) electrons. The Morgan fingerprint density at radius 1 is 1.32 bits per heavy atom. The van der Waals surface area contributed by atoms with E-state index in [0.717, 1.165) is 30.0 Å². The first-order valence-electron chi connectivity index (χ1n) is 6.41. The highest BCUT2D eigenvalue weighted by molar-refractivity contribution is 5.94. The number of nitrogens with zero attached hydrogens (tertiary/aromatic N) is 1. The first-order valence-corrected chi connectivity index (χ1v) is 6.41. The van der Waals surface area contributed by atoms with Crippen molar-refractivity contribution in [3.8, 4) is 0 Å². The van der Waals surface area contributed by atoms with Crippen LogP contribution in [0.2, 0.25) is 0 Å². The van der Waals surface area contributed by atoms with Crippen molar-refractivity contribution in [3.63, 3.8) is 0 Å². The summed E-state index contributed by atoms with van der Waals surface area (Å²) in [5.41, 5.74) is 2.39. The molecular formula is C15H18N2O2. The number of rotatable bonds is 5. The quantitative estimate of drug-likeness (QED) is 0.839. The van der Waals surface area contributed by atoms with Gasteiger partial charge in [-0.05, 0) is 44.5 Å². The lowest BCUT2D eigenvalue weighted by Gasteiger charge is -2.06. The summed E-state index contributed by atoms with van der Waals surface area (Å²) in [7, 11) is 0. The van der Waals surface area contributed by atoms with Gasteiger partial charge in [0.2, 0.25) is 0 Å². The average molecular weight is 258 g/mol. The number of aryl methyl sites for hydroxylation is 3. The maximum atomic E-state index is 11.9. The van der Waals surface area contributed by atoms with Crippen LogP contribution in [0.4, 0.5) is 0 Å². The van der Waals surface area contributed by atoms with Gasteiger partial charge in [0, 0.05) is 29.9 Å². The minimum atomic E-state index is -0.0481. The van der Waals surface area contributed by atoms with E-state index in [1.165, 1.54) is 0 Å². The second kappa shape index (κ2) is 6.18. The predicted octanol–water partition coefficient (Wildman–Crippen LogP) is 2.65. The van der Waals surface area contributed by atoms with Crippen LogP contribution in [0.25, 0.3) is 0 Å². The molecule has 0 atom stereocenters. The molecule has 2 aromatic heterocycles. The van der Waals surface area contributed by atoms with Crippen LogP contribution in [0.5, 0.6) is 0 Å². The van der Waals surface area contributed by atoms with E-state index >= 15 is 0 Å². The molecule has 2 aromatic rings. The van der Waals surface area contributed by atoms with Crippen molar-refractivity contribution in [2.45, 2.75) is 26.7 Å². The van der Waals surface area contributed by atoms with Gasteiger partial charge in [-0.3, -0.25) is 9.78 Å². The van der Waals surface area contributed by atoms with Gasteiger partial charge in [-0.15, -0.1) is 0 Å². The van der Waals surface area contributed by atoms with E-state index in [-0.39, 0.29) is 5.91 Å². The van der Waals surface area contributed by atoms with Crippen molar-refractivity contribution in [1.82, 2.24) is 10.3 Å². The van der Waals surface area contributed by atoms with Gasteiger partial charge in [-0.25, -0.2) is 0 Å². The predicted molar refractivity (Wildman–Crippen MR) is 73.1 cm³/mol. The SMILES string of the molecule is Cc1cc(C(=O)NCCCc2ccco2)cc(C)n1. The fraction of sp³-hybridized carbons (Fsp3) is 0.333. The monoisotopic (exact) mass is 258 g/mol. The Bertz CT molecular complexity index is 527. The number of carbonyl (C=O) groups excluding carboxylic acids is 1. The number of hydrogen-bond acceptors (Lipinski definition) is 3. The molecule has 0 aliphatic carbocycles. The van der Waals surface area contributed by atoms with E-state index in [1.54, 1.807) is 18.4 Å². The van der Waals surface area contributed by atoms with E-state index in [1.807, 2.05) is 26.0 Å². The summed E-state index contributed by atoms with van der Waals surface area (Å²) in [6.07, 6.45) is 3.36. The fourth-order valence-electron chi connectivity index (χ4n) is 1.99. The molecule has 0 fully saturated rings. The number of nitrogens with one attached hydrogen (secondary N) is 1. The Kier molecular flexibility index (Phi) is 4.34. The van der Waals surface area contributed by atoms with Gasteiger partial charge in [-0.2, -0.15) is 0 Å². The molecule has 0 aliphatic heterocycles. The van der Waals surface area contributed by atoms with Crippen LogP contribution >= 0.6 is 0 Å². The molecule has 0 aliphatic rings. The van der Waals surface area contributed by atoms with Crippen LogP contribution in [-0.4, -0.2) is 17.4 Å². The zero-order chi connectivity index (χ0) is 13.7. The Hall–Kier alpha value is -2.10. The molecule has 4 nitrogen and oxygen atoms in total. The molecule has 19 heavy (non-hydrogen) atoms. The van der Waals surface area contributed by atoms with Gasteiger partial charge < -0.3 is 9.73 Å². The Morgan fingerprint density at radius 3 is 2.68 bits per heavy atom. The van der Waals surface area contributed by atoms with E-state index in [4.69, 9.17) is 4.42 Å². The Morgan fingerprint density at radius 2 is 2.05 bits per heavy atom. The van der Waals surface area contributed by atoms with Crippen LogP contribution in [0.15, 0.2) is 34.9 Å². The maximum Gasteiger partial charge on any atom is 0.251 e. The van der Waals surface area contributed by atoms with Crippen LogP contribution in [0.3, 0.4) is 0 Å². The molecule has 0 saturated heterocycles. The molecule has 2 rings (SSSR count). The molecule has 1 N–H and O–H groups in total. The van der Waals surface area contributed by atoms with Crippen molar-refractivity contribution in [2.75, 3.05) is 6.54 Å². The molecule has 100 valence electrons. The molecule has 4 heteroatoms. The van der Waals surface area contributed by atoms with Gasteiger partial charge in [0.1, 0.15) is 5.76 Å². The van der Waals surface area contributed by atoms with Gasteiger partial charge in [0.15, 0.2) is 0 Å². The van der Waals surface area contributed by atoms with Crippen LogP contribution in [-0.2, 0) is 6.42 Å². The smallest absolute Gasteiger partial charge is 0.251 e. The molecule has 0 unspecified atom stereocenters. The number of furan rings is 1. The van der Waals surface area contributed by atoms with Gasteiger partial charge in [-0.1, -0.05) is 0 Å². The Labute approximate surface area is 112 Å². The molecule has 1 amide bonds. The standard InChI is InChI=1S/C15H18N2O2/c1-11-9-13(10-12(2)17-11)15(18)16-7-3-5-14-6-4-8-19-14/h4,6,8-10H,3,5,7H2,1-2H3,(H,16,18). The largest absolute Gasteiger partial charge is 0.469 e. The molecule has 0 bridgehead atoms. The summed E-state index contributed by atoms with van der Waals surface area (Å²) >= 11 is 0. The highest BCUT2D eigenvalue weighted by atomic mass is 16.3. The number of hydrogen-bond donors (Lipinski definition) is 1. The van der Waals surface area contributed by atoms with Crippen LogP contribution in [0, 0.1) is 13.8 Å². The van der Waals surface area contributed by atoms with Gasteiger partial charge in [0.05, 0.1) is 6.26 Å². The zero-order valence-corrected chi connectivity index (χ0v) is 11.3. The lowest BCUT2D eigenvalue weighted by Crippen LogP contribution is -2.25. The number of aromatic nitrogens is 1. The summed E-state index contributed by atoms with van der Waals surface area (Å²) in [6.45, 7) is 4.42. The fourth-order valence-corrected chi connectivity index (χ4v) is 1.99. The Balaban J connectivity index is 1.80. The summed E-state index contributed by atoms with van der Waals surface area (Å²) in [6, 6.07) is 7.41. The summed E-state index contributed by atoms with van der Waals surface area (Å²) in [5.74, 6) is 0.901. The molecule has 2 heterocycles. The highest BCUT2D eigenvalue weighted by Gasteiger charge is 2.06. The normalized spacial score (nSPS) is 10.4. The summed E-state index contributed by atoms with van der Waals surface area (Å²) in [5, 5.41) is 2.91. The third kappa shape index (κ3) is 3.95. The molecule has 0 spiro atoms. The molecule has 0 aromatic carbocycles. The first kappa shape index (κ1) is 13.3. The third-order valence-corrected chi connectivity index (χ3v) is 2.81. The van der Waals surface area contributed by atoms with Crippen LogP contribution < -0.4 is 5.32 Å². The topological polar surface area (TPSA) is 55.1 Å². The number of carbonyl (C=O) groups is 1. The van der Waals surface area contributed by atoms with Gasteiger partial charge >= 0.3 is 0 Å². The van der Waals surface area contributed by atoms with Gasteiger partial charge in [0.25, 0.3) is 5.91 Å². The van der Waals surface area contributed by atoms with Crippen molar-refractivity contribution in [1.29, 1.82) is 0 Å². The minimum absolute atomic E-state index is 0.0481. The van der Waals surface area contributed by atoms with Crippen LogP contribution in [0.1, 0.15) is 33.9 Å². The zero-order valence-electron chi connectivity index (χ0n) is 11.3. The second-order valence-electron chi connectivity index (χ2n) is 4.58. The third-order valence-electron chi connectivity index (χ3n) is 2.81. The van der Waals surface area contributed by atoms with Crippen molar-refractivity contribution in [2.24, 2.45) is 0 Å². The summed E-state index contributed by atoms with van der Waals surface area (Å²) < 4.78 is 5.24. The molecular weight excluding hydrogens is 240 g/mol. The average Bonchev–Trinajstić information content (AvgIpc) is 2.86. The van der Waals surface area contributed by atoms with E-state index in [9.17, 15) is 4.79 Å². The molecule has 0 saturated carbocycles. The number of pyridine rings is 1.